The number of aromatic nitrogens is 2. The van der Waals surface area contributed by atoms with Gasteiger partial charge in [0.25, 0.3) is 0 Å². The Kier molecular flexibility index (Phi) is 8.06. The molecule has 0 radical (unpaired) electrons. The molecule has 0 aliphatic carbocycles. The van der Waals surface area contributed by atoms with Crippen molar-refractivity contribution in [2.45, 2.75) is 27.7 Å². The fourth-order valence-electron chi connectivity index (χ4n) is 1.01. The average molecular weight is 204 g/mol. The molecule has 1 N–H and O–H groups in total. The second-order valence-corrected chi connectivity index (χ2v) is 2.30. The SMILES string of the molecule is CC.CC.c1ccc(-c2ccc[nH]2)nc1. The zero-order chi connectivity index (χ0) is 11.5. The minimum atomic E-state index is 0.984. The van der Waals surface area contributed by atoms with E-state index in [1.54, 1.807) is 6.20 Å². The molecule has 0 aliphatic heterocycles. The van der Waals surface area contributed by atoms with Gasteiger partial charge in [-0.2, -0.15) is 0 Å². The maximum absolute atomic E-state index is 4.19. The second-order valence-electron chi connectivity index (χ2n) is 2.30. The highest BCUT2D eigenvalue weighted by molar-refractivity contribution is 5.53. The summed E-state index contributed by atoms with van der Waals surface area (Å²) in [7, 11) is 0. The molecule has 0 aliphatic rings. The lowest BCUT2D eigenvalue weighted by Gasteiger charge is -1.93. The summed E-state index contributed by atoms with van der Waals surface area (Å²) in [6.45, 7) is 8.00. The van der Waals surface area contributed by atoms with Crippen molar-refractivity contribution in [1.82, 2.24) is 9.97 Å². The third-order valence-electron chi connectivity index (χ3n) is 1.54. The minimum Gasteiger partial charge on any atom is -0.360 e. The quantitative estimate of drug-likeness (QED) is 0.743. The Labute approximate surface area is 92.4 Å². The van der Waals surface area contributed by atoms with Crippen LogP contribution in [0.2, 0.25) is 0 Å². The van der Waals surface area contributed by atoms with Crippen LogP contribution in [0, 0.1) is 0 Å². The Balaban J connectivity index is 0.000000442. The van der Waals surface area contributed by atoms with E-state index in [1.165, 1.54) is 0 Å². The molecule has 2 heteroatoms. The van der Waals surface area contributed by atoms with E-state index in [0.29, 0.717) is 0 Å². The van der Waals surface area contributed by atoms with E-state index in [9.17, 15) is 0 Å². The Morgan fingerprint density at radius 1 is 0.933 bits per heavy atom. The first-order valence-corrected chi connectivity index (χ1v) is 5.51. The van der Waals surface area contributed by atoms with Crippen LogP contribution < -0.4 is 0 Å². The van der Waals surface area contributed by atoms with E-state index in [1.807, 2.05) is 64.2 Å². The van der Waals surface area contributed by atoms with Gasteiger partial charge in [-0.25, -0.2) is 0 Å². The standard InChI is InChI=1S/C9H8N2.2C2H6/c1-2-6-10-8(4-1)9-5-3-7-11-9;2*1-2/h1-7,11H;2*1-2H3. The van der Waals surface area contributed by atoms with Crippen LogP contribution in [0.15, 0.2) is 42.7 Å². The number of nitrogens with one attached hydrogen (secondary N) is 1. The molecule has 0 fully saturated rings. The highest BCUT2D eigenvalue weighted by Crippen LogP contribution is 2.11. The van der Waals surface area contributed by atoms with Gasteiger partial charge in [-0.1, -0.05) is 33.8 Å². The van der Waals surface area contributed by atoms with Gasteiger partial charge >= 0.3 is 0 Å². The van der Waals surface area contributed by atoms with Gasteiger partial charge in [-0.05, 0) is 24.3 Å². The Hall–Kier alpha value is -1.57. The number of hydrogen-bond donors (Lipinski definition) is 1. The fraction of sp³-hybridized carbons (Fsp3) is 0.308. The van der Waals surface area contributed by atoms with Gasteiger partial charge in [0, 0.05) is 12.4 Å². The summed E-state index contributed by atoms with van der Waals surface area (Å²) in [6, 6.07) is 9.83. The number of hydrogen-bond acceptors (Lipinski definition) is 1. The summed E-state index contributed by atoms with van der Waals surface area (Å²) >= 11 is 0. The zero-order valence-corrected chi connectivity index (χ0v) is 9.99. The summed E-state index contributed by atoms with van der Waals surface area (Å²) in [5.74, 6) is 0. The number of aromatic amines is 1. The van der Waals surface area contributed by atoms with Crippen molar-refractivity contribution in [3.05, 3.63) is 42.7 Å². The summed E-state index contributed by atoms with van der Waals surface area (Å²) in [5.41, 5.74) is 2.04. The third kappa shape index (κ3) is 4.45. The van der Waals surface area contributed by atoms with Gasteiger partial charge in [0.05, 0.1) is 11.4 Å². The minimum absolute atomic E-state index is 0.984. The molecule has 0 unspecified atom stereocenters. The fourth-order valence-corrected chi connectivity index (χ4v) is 1.01. The van der Waals surface area contributed by atoms with Crippen molar-refractivity contribution >= 4 is 0 Å². The highest BCUT2D eigenvalue weighted by Gasteiger charge is 1.94. The topological polar surface area (TPSA) is 28.7 Å². The predicted molar refractivity (Wildman–Crippen MR) is 66.7 cm³/mol. The first-order valence-electron chi connectivity index (χ1n) is 5.51. The monoisotopic (exact) mass is 204 g/mol. The van der Waals surface area contributed by atoms with E-state index in [2.05, 4.69) is 9.97 Å². The summed E-state index contributed by atoms with van der Waals surface area (Å²) in [4.78, 5) is 7.28. The molecule has 2 aromatic rings. The second kappa shape index (κ2) is 9.00. The smallest absolute Gasteiger partial charge is 0.0864 e. The molecule has 0 atom stereocenters. The van der Waals surface area contributed by atoms with Crippen LogP contribution in [0.1, 0.15) is 27.7 Å². The van der Waals surface area contributed by atoms with Gasteiger partial charge in [0.1, 0.15) is 0 Å². The van der Waals surface area contributed by atoms with Crippen LogP contribution >= 0.6 is 0 Å². The highest BCUT2D eigenvalue weighted by atomic mass is 14.8. The average Bonchev–Trinajstić information content (AvgIpc) is 2.89. The maximum atomic E-state index is 4.19. The molecule has 0 bridgehead atoms. The third-order valence-corrected chi connectivity index (χ3v) is 1.54. The molecule has 0 saturated heterocycles. The van der Waals surface area contributed by atoms with Gasteiger partial charge < -0.3 is 4.98 Å². The molecular weight excluding hydrogens is 184 g/mol. The molecule has 0 spiro atoms. The van der Waals surface area contributed by atoms with Crippen molar-refractivity contribution < 1.29 is 0 Å². The molecule has 2 rings (SSSR count). The Bertz CT molecular complexity index is 312. The number of pyridine rings is 1. The molecule has 2 heterocycles. The van der Waals surface area contributed by atoms with Gasteiger partial charge in [0.2, 0.25) is 0 Å². The van der Waals surface area contributed by atoms with Crippen molar-refractivity contribution in [3.8, 4) is 11.4 Å². The van der Waals surface area contributed by atoms with Crippen molar-refractivity contribution in [2.75, 3.05) is 0 Å². The predicted octanol–water partition coefficient (Wildman–Crippen LogP) is 4.13. The van der Waals surface area contributed by atoms with Gasteiger partial charge in [-0.3, -0.25) is 4.98 Å². The van der Waals surface area contributed by atoms with E-state index < -0.39 is 0 Å². The normalized spacial score (nSPS) is 8.00. The van der Waals surface area contributed by atoms with Crippen LogP contribution in [-0.2, 0) is 0 Å². The molecule has 0 saturated carbocycles. The largest absolute Gasteiger partial charge is 0.360 e. The molecular formula is C13H20N2. The van der Waals surface area contributed by atoms with Crippen LogP contribution in [0.25, 0.3) is 11.4 Å². The van der Waals surface area contributed by atoms with Crippen LogP contribution in [0.5, 0.6) is 0 Å². The lowest BCUT2D eigenvalue weighted by molar-refractivity contribution is 1.28. The van der Waals surface area contributed by atoms with Gasteiger partial charge in [-0.15, -0.1) is 0 Å². The molecule has 0 aromatic carbocycles. The number of nitrogens with zero attached hydrogens (tertiary/aromatic N) is 1. The van der Waals surface area contributed by atoms with Crippen LogP contribution in [0.3, 0.4) is 0 Å². The van der Waals surface area contributed by atoms with E-state index in [-0.39, 0.29) is 0 Å². The van der Waals surface area contributed by atoms with Crippen LogP contribution in [-0.4, -0.2) is 9.97 Å². The molecule has 15 heavy (non-hydrogen) atoms. The first kappa shape index (κ1) is 13.4. The van der Waals surface area contributed by atoms with Gasteiger partial charge in [0.15, 0.2) is 0 Å². The van der Waals surface area contributed by atoms with Crippen molar-refractivity contribution in [3.63, 3.8) is 0 Å². The number of rotatable bonds is 1. The molecule has 82 valence electrons. The Morgan fingerprint density at radius 2 is 1.67 bits per heavy atom. The van der Waals surface area contributed by atoms with E-state index in [0.717, 1.165) is 11.4 Å². The van der Waals surface area contributed by atoms with Crippen molar-refractivity contribution in [2.24, 2.45) is 0 Å². The maximum Gasteiger partial charge on any atom is 0.0864 e. The number of H-pyrrole nitrogens is 1. The summed E-state index contributed by atoms with van der Waals surface area (Å²) in [6.07, 6.45) is 3.68. The first-order chi connectivity index (χ1) is 7.47. The molecule has 0 amide bonds. The summed E-state index contributed by atoms with van der Waals surface area (Å²) < 4.78 is 0. The van der Waals surface area contributed by atoms with E-state index >= 15 is 0 Å². The Morgan fingerprint density at radius 3 is 2.13 bits per heavy atom. The zero-order valence-electron chi connectivity index (χ0n) is 9.99. The van der Waals surface area contributed by atoms with Crippen LogP contribution in [0.4, 0.5) is 0 Å². The molecule has 2 nitrogen and oxygen atoms in total. The lowest BCUT2D eigenvalue weighted by atomic mass is 10.3. The molecule has 2 aromatic heterocycles. The van der Waals surface area contributed by atoms with Crippen molar-refractivity contribution in [1.29, 1.82) is 0 Å². The van der Waals surface area contributed by atoms with E-state index in [4.69, 9.17) is 0 Å². The lowest BCUT2D eigenvalue weighted by Crippen LogP contribution is -1.79. The summed E-state index contributed by atoms with van der Waals surface area (Å²) in [5, 5.41) is 0.